The number of carbonyl (C=O) groups is 1. The summed E-state index contributed by atoms with van der Waals surface area (Å²) in [5, 5.41) is 2.93. The minimum Gasteiger partial charge on any atom is -0.497 e. The molecule has 0 fully saturated rings. The molecule has 0 aliphatic carbocycles. The van der Waals surface area contributed by atoms with Gasteiger partial charge in [0.1, 0.15) is 11.5 Å². The molecule has 0 radical (unpaired) electrons. The van der Waals surface area contributed by atoms with Crippen LogP contribution >= 0.6 is 0 Å². The predicted octanol–water partition coefficient (Wildman–Crippen LogP) is 3.19. The van der Waals surface area contributed by atoms with E-state index in [0.29, 0.717) is 23.7 Å². The Hall–Kier alpha value is -2.89. The number of likely N-dealkylation sites (N-methyl/N-ethyl adjacent to an activating group) is 1. The van der Waals surface area contributed by atoms with Crippen molar-refractivity contribution in [1.29, 1.82) is 0 Å². The van der Waals surface area contributed by atoms with Crippen molar-refractivity contribution in [2.24, 2.45) is 0 Å². The number of amides is 2. The number of ether oxygens (including phenoxy) is 2. The van der Waals surface area contributed by atoms with E-state index in [2.05, 4.69) is 10.2 Å². The SMILES string of the molecule is COc1ccc(NC(=O)N2CCN(C)c3ccccc32)c(OC)c1. The van der Waals surface area contributed by atoms with Crippen LogP contribution in [0.15, 0.2) is 42.5 Å². The molecule has 0 bridgehead atoms. The standard InChI is InChI=1S/C18H21N3O3/c1-20-10-11-21(16-7-5-4-6-15(16)20)18(22)19-14-9-8-13(23-2)12-17(14)24-3/h4-9,12H,10-11H2,1-3H3,(H,19,22). The molecule has 2 amide bonds. The van der Waals surface area contributed by atoms with E-state index in [1.807, 2.05) is 31.3 Å². The lowest BCUT2D eigenvalue weighted by molar-refractivity contribution is 0.256. The van der Waals surface area contributed by atoms with Gasteiger partial charge in [-0.05, 0) is 24.3 Å². The number of para-hydroxylation sites is 2. The molecule has 6 heteroatoms. The Morgan fingerprint density at radius 1 is 1.04 bits per heavy atom. The molecular formula is C18H21N3O3. The number of carbonyl (C=O) groups excluding carboxylic acids is 1. The number of fused-ring (bicyclic) bond motifs is 1. The van der Waals surface area contributed by atoms with Gasteiger partial charge < -0.3 is 19.7 Å². The second kappa shape index (κ2) is 6.70. The van der Waals surface area contributed by atoms with Crippen LogP contribution in [0.5, 0.6) is 11.5 Å². The summed E-state index contributed by atoms with van der Waals surface area (Å²) in [7, 11) is 5.18. The zero-order valence-corrected chi connectivity index (χ0v) is 14.1. The molecule has 0 saturated carbocycles. The molecule has 1 aliphatic rings. The maximum Gasteiger partial charge on any atom is 0.326 e. The molecule has 0 atom stereocenters. The lowest BCUT2D eigenvalue weighted by atomic mass is 10.2. The molecular weight excluding hydrogens is 306 g/mol. The summed E-state index contributed by atoms with van der Waals surface area (Å²) in [5.74, 6) is 1.24. The number of nitrogens with one attached hydrogen (secondary N) is 1. The van der Waals surface area contributed by atoms with Gasteiger partial charge in [-0.25, -0.2) is 4.79 Å². The molecule has 2 aromatic rings. The molecule has 0 spiro atoms. The summed E-state index contributed by atoms with van der Waals surface area (Å²) in [5.41, 5.74) is 2.55. The molecule has 3 rings (SSSR count). The summed E-state index contributed by atoms with van der Waals surface area (Å²) in [6.07, 6.45) is 0. The van der Waals surface area contributed by atoms with E-state index in [1.165, 1.54) is 0 Å². The predicted molar refractivity (Wildman–Crippen MR) is 95.6 cm³/mol. The highest BCUT2D eigenvalue weighted by molar-refractivity contribution is 6.05. The van der Waals surface area contributed by atoms with Gasteiger partial charge in [0, 0.05) is 26.2 Å². The summed E-state index contributed by atoms with van der Waals surface area (Å²) in [6.45, 7) is 1.40. The Morgan fingerprint density at radius 3 is 2.50 bits per heavy atom. The van der Waals surface area contributed by atoms with Gasteiger partial charge >= 0.3 is 6.03 Å². The van der Waals surface area contributed by atoms with Crippen molar-refractivity contribution >= 4 is 23.1 Å². The Labute approximate surface area is 141 Å². The van der Waals surface area contributed by atoms with E-state index in [4.69, 9.17) is 9.47 Å². The molecule has 1 heterocycles. The molecule has 0 aromatic heterocycles. The highest BCUT2D eigenvalue weighted by Crippen LogP contribution is 2.33. The van der Waals surface area contributed by atoms with Crippen molar-refractivity contribution in [1.82, 2.24) is 0 Å². The Kier molecular flexibility index (Phi) is 4.46. The summed E-state index contributed by atoms with van der Waals surface area (Å²) < 4.78 is 10.5. The van der Waals surface area contributed by atoms with Crippen molar-refractivity contribution in [2.45, 2.75) is 0 Å². The van der Waals surface area contributed by atoms with Crippen molar-refractivity contribution in [3.63, 3.8) is 0 Å². The number of rotatable bonds is 3. The monoisotopic (exact) mass is 327 g/mol. The zero-order valence-electron chi connectivity index (χ0n) is 14.1. The third-order valence-electron chi connectivity index (χ3n) is 4.14. The van der Waals surface area contributed by atoms with Crippen LogP contribution in [-0.4, -0.2) is 40.4 Å². The van der Waals surface area contributed by atoms with E-state index in [0.717, 1.165) is 17.9 Å². The fourth-order valence-electron chi connectivity index (χ4n) is 2.80. The van der Waals surface area contributed by atoms with Crippen LogP contribution in [-0.2, 0) is 0 Å². The van der Waals surface area contributed by atoms with Gasteiger partial charge in [-0.1, -0.05) is 12.1 Å². The molecule has 0 unspecified atom stereocenters. The fourth-order valence-corrected chi connectivity index (χ4v) is 2.80. The lowest BCUT2D eigenvalue weighted by Crippen LogP contribution is -2.44. The van der Waals surface area contributed by atoms with Crippen molar-refractivity contribution in [3.05, 3.63) is 42.5 Å². The topological polar surface area (TPSA) is 54.0 Å². The minimum atomic E-state index is -0.181. The third kappa shape index (κ3) is 2.95. The van der Waals surface area contributed by atoms with Gasteiger partial charge in [0.15, 0.2) is 0 Å². The average Bonchev–Trinajstić information content (AvgIpc) is 2.62. The first-order valence-electron chi connectivity index (χ1n) is 7.74. The average molecular weight is 327 g/mol. The molecule has 0 saturated heterocycles. The first-order chi connectivity index (χ1) is 11.6. The number of benzene rings is 2. The van der Waals surface area contributed by atoms with E-state index >= 15 is 0 Å². The molecule has 24 heavy (non-hydrogen) atoms. The summed E-state index contributed by atoms with van der Waals surface area (Å²) in [6, 6.07) is 13.0. The number of nitrogens with zero attached hydrogens (tertiary/aromatic N) is 2. The number of methoxy groups -OCH3 is 2. The third-order valence-corrected chi connectivity index (χ3v) is 4.14. The van der Waals surface area contributed by atoms with Gasteiger partial charge in [-0.15, -0.1) is 0 Å². The maximum atomic E-state index is 12.8. The van der Waals surface area contributed by atoms with Crippen molar-refractivity contribution in [3.8, 4) is 11.5 Å². The second-order valence-corrected chi connectivity index (χ2v) is 5.56. The van der Waals surface area contributed by atoms with Gasteiger partial charge in [-0.3, -0.25) is 4.90 Å². The van der Waals surface area contributed by atoms with Crippen LogP contribution < -0.4 is 24.6 Å². The van der Waals surface area contributed by atoms with Crippen LogP contribution in [0.4, 0.5) is 21.9 Å². The molecule has 6 nitrogen and oxygen atoms in total. The number of urea groups is 1. The number of anilines is 3. The first kappa shape index (κ1) is 16.0. The van der Waals surface area contributed by atoms with E-state index < -0.39 is 0 Å². The van der Waals surface area contributed by atoms with Crippen molar-refractivity contribution < 1.29 is 14.3 Å². The highest BCUT2D eigenvalue weighted by atomic mass is 16.5. The Morgan fingerprint density at radius 2 is 1.79 bits per heavy atom. The lowest BCUT2D eigenvalue weighted by Gasteiger charge is -2.35. The molecule has 2 aromatic carbocycles. The van der Waals surface area contributed by atoms with Crippen LogP contribution in [0.3, 0.4) is 0 Å². The van der Waals surface area contributed by atoms with E-state index in [1.54, 1.807) is 37.3 Å². The minimum absolute atomic E-state index is 0.181. The summed E-state index contributed by atoms with van der Waals surface area (Å²) >= 11 is 0. The highest BCUT2D eigenvalue weighted by Gasteiger charge is 2.25. The Balaban J connectivity index is 1.85. The quantitative estimate of drug-likeness (QED) is 0.941. The molecule has 1 aliphatic heterocycles. The Bertz CT molecular complexity index is 748. The number of hydrogen-bond acceptors (Lipinski definition) is 4. The van der Waals surface area contributed by atoms with Gasteiger partial charge in [-0.2, -0.15) is 0 Å². The van der Waals surface area contributed by atoms with Gasteiger partial charge in [0.2, 0.25) is 0 Å². The summed E-state index contributed by atoms with van der Waals surface area (Å²) in [4.78, 5) is 16.7. The van der Waals surface area contributed by atoms with Crippen LogP contribution in [0, 0.1) is 0 Å². The van der Waals surface area contributed by atoms with E-state index in [9.17, 15) is 4.79 Å². The second-order valence-electron chi connectivity index (χ2n) is 5.56. The van der Waals surface area contributed by atoms with Gasteiger partial charge in [0.05, 0.1) is 31.3 Å². The largest absolute Gasteiger partial charge is 0.497 e. The maximum absolute atomic E-state index is 12.8. The smallest absolute Gasteiger partial charge is 0.326 e. The van der Waals surface area contributed by atoms with Crippen LogP contribution in [0.1, 0.15) is 0 Å². The molecule has 1 N–H and O–H groups in total. The van der Waals surface area contributed by atoms with Crippen molar-refractivity contribution in [2.75, 3.05) is 49.5 Å². The van der Waals surface area contributed by atoms with Crippen LogP contribution in [0.25, 0.3) is 0 Å². The normalized spacial score (nSPS) is 13.3. The van der Waals surface area contributed by atoms with Crippen LogP contribution in [0.2, 0.25) is 0 Å². The number of hydrogen-bond donors (Lipinski definition) is 1. The zero-order chi connectivity index (χ0) is 17.1. The van der Waals surface area contributed by atoms with E-state index in [-0.39, 0.29) is 6.03 Å². The fraction of sp³-hybridized carbons (Fsp3) is 0.278. The molecule has 126 valence electrons. The van der Waals surface area contributed by atoms with Gasteiger partial charge in [0.25, 0.3) is 0 Å². The first-order valence-corrected chi connectivity index (χ1v) is 7.74.